The molecule has 0 saturated heterocycles. The maximum atomic E-state index is 6.28. The fraction of sp³-hybridized carbons (Fsp3) is 0.300. The van der Waals surface area contributed by atoms with Crippen molar-refractivity contribution in [3.8, 4) is 28.5 Å². The Labute approximate surface area is 172 Å². The molecule has 0 radical (unpaired) electrons. The summed E-state index contributed by atoms with van der Waals surface area (Å²) in [6.07, 6.45) is 4.51. The lowest BCUT2D eigenvalue weighted by molar-refractivity contribution is 0.0601. The molecule has 29 heavy (non-hydrogen) atoms. The third kappa shape index (κ3) is 3.14. The van der Waals surface area contributed by atoms with Crippen LogP contribution in [0.2, 0.25) is 5.02 Å². The van der Waals surface area contributed by atoms with Crippen LogP contribution in [-0.2, 0) is 24.8 Å². The van der Waals surface area contributed by atoms with Crippen LogP contribution in [0.4, 0.5) is 0 Å². The van der Waals surface area contributed by atoms with Gasteiger partial charge in [-0.25, -0.2) is 4.98 Å². The number of fused-ring (bicyclic) bond motifs is 5. The fourth-order valence-corrected chi connectivity index (χ4v) is 3.73. The molecule has 4 heterocycles. The Hall–Kier alpha value is -2.97. The Bertz CT molecular complexity index is 1210. The second kappa shape index (κ2) is 6.82. The standard InChI is InChI=1S/C20H19ClN6O2/c1-11(2)28-9-17-23-20(29-25-17)19-16-6-12-8-26(3)24-18(12)14-7-13(21)4-5-15(14)27(16)10-22-19/h4-5,7-8,10-11H,6,9H2,1-3H3. The molecule has 5 rings (SSSR count). The number of nitrogens with zero attached hydrogens (tertiary/aromatic N) is 6. The molecule has 0 bridgehead atoms. The van der Waals surface area contributed by atoms with Gasteiger partial charge in [-0.1, -0.05) is 16.8 Å². The van der Waals surface area contributed by atoms with Crippen LogP contribution in [0.25, 0.3) is 28.5 Å². The minimum Gasteiger partial charge on any atom is -0.371 e. The first-order valence-corrected chi connectivity index (χ1v) is 9.71. The highest BCUT2D eigenvalue weighted by Gasteiger charge is 2.27. The van der Waals surface area contributed by atoms with E-state index in [0.29, 0.717) is 35.5 Å². The molecule has 0 unspecified atom stereocenters. The number of aryl methyl sites for hydroxylation is 1. The largest absolute Gasteiger partial charge is 0.371 e. The zero-order valence-corrected chi connectivity index (χ0v) is 17.0. The van der Waals surface area contributed by atoms with Gasteiger partial charge in [0.1, 0.15) is 12.9 Å². The molecule has 3 aromatic heterocycles. The summed E-state index contributed by atoms with van der Waals surface area (Å²) in [5.41, 5.74) is 5.54. The van der Waals surface area contributed by atoms with Crippen molar-refractivity contribution in [1.29, 1.82) is 0 Å². The van der Waals surface area contributed by atoms with E-state index < -0.39 is 0 Å². The SMILES string of the molecule is CC(C)OCc1noc(-c2ncn3c2Cc2cn(C)nc2-c2cc(Cl)ccc2-3)n1. The topological polar surface area (TPSA) is 83.8 Å². The summed E-state index contributed by atoms with van der Waals surface area (Å²) in [7, 11) is 1.91. The van der Waals surface area contributed by atoms with Gasteiger partial charge in [-0.2, -0.15) is 10.1 Å². The first-order chi connectivity index (χ1) is 14.0. The van der Waals surface area contributed by atoms with Crippen molar-refractivity contribution < 1.29 is 9.26 Å². The van der Waals surface area contributed by atoms with Crippen LogP contribution in [-0.4, -0.2) is 35.6 Å². The summed E-state index contributed by atoms with van der Waals surface area (Å²) in [5, 5.41) is 9.35. The lowest BCUT2D eigenvalue weighted by Gasteiger charge is -2.09. The number of hydrogen-bond donors (Lipinski definition) is 0. The van der Waals surface area contributed by atoms with Gasteiger partial charge < -0.3 is 13.8 Å². The van der Waals surface area contributed by atoms with Crippen molar-refractivity contribution in [2.45, 2.75) is 33.0 Å². The first kappa shape index (κ1) is 18.1. The van der Waals surface area contributed by atoms with E-state index in [1.807, 2.05) is 54.5 Å². The molecule has 4 aromatic rings. The molecule has 0 atom stereocenters. The van der Waals surface area contributed by atoms with Gasteiger partial charge in [-0.3, -0.25) is 4.68 Å². The Kier molecular flexibility index (Phi) is 4.25. The predicted octanol–water partition coefficient (Wildman–Crippen LogP) is 3.81. The third-order valence-corrected chi connectivity index (χ3v) is 5.05. The predicted molar refractivity (Wildman–Crippen MR) is 107 cm³/mol. The number of rotatable bonds is 4. The number of halogens is 1. The second-order valence-corrected chi connectivity index (χ2v) is 7.74. The van der Waals surface area contributed by atoms with Crippen molar-refractivity contribution in [2.75, 3.05) is 0 Å². The van der Waals surface area contributed by atoms with Crippen LogP contribution in [0.3, 0.4) is 0 Å². The molecule has 0 N–H and O–H groups in total. The van der Waals surface area contributed by atoms with Crippen molar-refractivity contribution in [3.05, 3.63) is 52.8 Å². The fourth-order valence-electron chi connectivity index (χ4n) is 3.56. The van der Waals surface area contributed by atoms with Gasteiger partial charge in [0.25, 0.3) is 5.89 Å². The molecule has 0 fully saturated rings. The summed E-state index contributed by atoms with van der Waals surface area (Å²) in [6.45, 7) is 4.22. The van der Waals surface area contributed by atoms with Crippen LogP contribution in [0.5, 0.6) is 0 Å². The lowest BCUT2D eigenvalue weighted by atomic mass is 10.0. The van der Waals surface area contributed by atoms with Crippen LogP contribution in [0.1, 0.15) is 30.9 Å². The van der Waals surface area contributed by atoms with E-state index in [-0.39, 0.29) is 6.10 Å². The highest BCUT2D eigenvalue weighted by Crippen LogP contribution is 2.38. The van der Waals surface area contributed by atoms with Crippen molar-refractivity contribution in [1.82, 2.24) is 29.5 Å². The second-order valence-electron chi connectivity index (χ2n) is 7.30. The molecular formula is C20H19ClN6O2. The van der Waals surface area contributed by atoms with Crippen molar-refractivity contribution in [3.63, 3.8) is 0 Å². The molecule has 9 heteroatoms. The average Bonchev–Trinajstić information content (AvgIpc) is 3.37. The molecule has 0 spiro atoms. The monoisotopic (exact) mass is 410 g/mol. The number of benzene rings is 1. The van der Waals surface area contributed by atoms with Crippen LogP contribution in [0.15, 0.2) is 35.2 Å². The van der Waals surface area contributed by atoms with E-state index in [0.717, 1.165) is 28.2 Å². The highest BCUT2D eigenvalue weighted by molar-refractivity contribution is 6.31. The van der Waals surface area contributed by atoms with E-state index >= 15 is 0 Å². The van der Waals surface area contributed by atoms with Gasteiger partial charge in [-0.15, -0.1) is 0 Å². The quantitative estimate of drug-likeness (QED) is 0.448. The maximum absolute atomic E-state index is 6.28. The molecule has 0 saturated carbocycles. The minimum absolute atomic E-state index is 0.0909. The van der Waals surface area contributed by atoms with Crippen LogP contribution < -0.4 is 0 Å². The van der Waals surface area contributed by atoms with Gasteiger partial charge in [0.2, 0.25) is 0 Å². The number of aromatic nitrogens is 6. The van der Waals surface area contributed by atoms with E-state index in [1.165, 1.54) is 0 Å². The van der Waals surface area contributed by atoms with E-state index in [1.54, 1.807) is 6.33 Å². The number of ether oxygens (including phenoxy) is 1. The van der Waals surface area contributed by atoms with E-state index in [9.17, 15) is 0 Å². The zero-order chi connectivity index (χ0) is 20.1. The Morgan fingerprint density at radius 2 is 2.14 bits per heavy atom. The van der Waals surface area contributed by atoms with Crippen LogP contribution >= 0.6 is 11.6 Å². The molecule has 0 aliphatic carbocycles. The Morgan fingerprint density at radius 3 is 2.97 bits per heavy atom. The van der Waals surface area contributed by atoms with Gasteiger partial charge in [0, 0.05) is 35.8 Å². The molecule has 1 aliphatic rings. The maximum Gasteiger partial charge on any atom is 0.278 e. The smallest absolute Gasteiger partial charge is 0.278 e. The molecule has 1 aliphatic heterocycles. The lowest BCUT2D eigenvalue weighted by Crippen LogP contribution is -2.03. The summed E-state index contributed by atoms with van der Waals surface area (Å²) in [4.78, 5) is 9.06. The first-order valence-electron chi connectivity index (χ1n) is 9.33. The van der Waals surface area contributed by atoms with Gasteiger partial charge >= 0.3 is 0 Å². The third-order valence-electron chi connectivity index (χ3n) is 4.82. The molecule has 0 amide bonds. The summed E-state index contributed by atoms with van der Waals surface area (Å²) < 4.78 is 14.9. The van der Waals surface area contributed by atoms with Crippen LogP contribution in [0, 0.1) is 0 Å². The Morgan fingerprint density at radius 1 is 1.28 bits per heavy atom. The minimum atomic E-state index is 0.0909. The molecule has 1 aromatic carbocycles. The summed E-state index contributed by atoms with van der Waals surface area (Å²) in [6, 6.07) is 5.78. The number of hydrogen-bond acceptors (Lipinski definition) is 6. The number of imidazole rings is 1. The average molecular weight is 411 g/mol. The van der Waals surface area contributed by atoms with Crippen molar-refractivity contribution in [2.24, 2.45) is 7.05 Å². The normalized spacial score (nSPS) is 12.6. The summed E-state index contributed by atoms with van der Waals surface area (Å²) in [5.74, 6) is 0.877. The molecular weight excluding hydrogens is 392 g/mol. The van der Waals surface area contributed by atoms with Gasteiger partial charge in [-0.05, 0) is 32.0 Å². The van der Waals surface area contributed by atoms with Gasteiger partial charge in [0.15, 0.2) is 11.5 Å². The summed E-state index contributed by atoms with van der Waals surface area (Å²) >= 11 is 6.28. The van der Waals surface area contributed by atoms with E-state index in [2.05, 4.69) is 20.2 Å². The molecule has 148 valence electrons. The molecule has 8 nitrogen and oxygen atoms in total. The van der Waals surface area contributed by atoms with Gasteiger partial charge in [0.05, 0.1) is 23.2 Å². The van der Waals surface area contributed by atoms with Crippen molar-refractivity contribution >= 4 is 11.6 Å². The Balaban J connectivity index is 1.63. The highest BCUT2D eigenvalue weighted by atomic mass is 35.5. The van der Waals surface area contributed by atoms with E-state index in [4.69, 9.17) is 20.9 Å². The zero-order valence-electron chi connectivity index (χ0n) is 16.3.